The maximum atomic E-state index is 15.8. The topological polar surface area (TPSA) is 631 Å². The van der Waals surface area contributed by atoms with Gasteiger partial charge in [0.15, 0.2) is 5.78 Å². The number of carboxylic acids is 2. The third kappa shape index (κ3) is 28.4. The molecular formula is C92H125N21O21S. The first-order valence-electron chi connectivity index (χ1n) is 45.9. The number of rotatable bonds is 27. The summed E-state index contributed by atoms with van der Waals surface area (Å²) in [4.78, 5) is 283. The third-order valence-corrected chi connectivity index (χ3v) is 26.1. The first-order chi connectivity index (χ1) is 64.7. The molecule has 10 rings (SSSR count). The molecule has 730 valence electrons. The number of aromatic hydroxyl groups is 1. The third-order valence-electron chi connectivity index (χ3n) is 25.0. The highest BCUT2D eigenvalue weighted by Crippen LogP contribution is 2.30. The van der Waals surface area contributed by atoms with Crippen LogP contribution in [-0.4, -0.2) is 309 Å². The number of fused-ring (bicyclic) bond motifs is 5. The summed E-state index contributed by atoms with van der Waals surface area (Å²) >= 11 is 0.788. The number of thioether (sulfide) groups is 1. The molecule has 2 unspecified atom stereocenters. The van der Waals surface area contributed by atoms with Crippen molar-refractivity contribution in [2.45, 2.75) is 240 Å². The molecule has 0 spiro atoms. The van der Waals surface area contributed by atoms with Crippen LogP contribution in [0.15, 0.2) is 97.7 Å². The van der Waals surface area contributed by atoms with Crippen LogP contribution in [0.5, 0.6) is 5.75 Å². The van der Waals surface area contributed by atoms with E-state index in [0.717, 1.165) is 26.5 Å². The molecule has 135 heavy (non-hydrogen) atoms. The number of nitrogens with zero attached hydrogens (tertiary/aromatic N) is 6. The van der Waals surface area contributed by atoms with Crippen molar-refractivity contribution >= 4 is 140 Å². The van der Waals surface area contributed by atoms with E-state index >= 15 is 43.2 Å². The van der Waals surface area contributed by atoms with E-state index in [1.165, 1.54) is 60.7 Å². The van der Waals surface area contributed by atoms with Crippen molar-refractivity contribution in [2.24, 2.45) is 23.1 Å². The molecule has 3 aromatic heterocycles. The molecule has 7 heterocycles. The Morgan fingerprint density at radius 3 is 1.56 bits per heavy atom. The zero-order valence-electron chi connectivity index (χ0n) is 76.3. The summed E-state index contributed by atoms with van der Waals surface area (Å²) < 4.78 is 0. The Labute approximate surface area is 783 Å². The minimum Gasteiger partial charge on any atom is -0.508 e. The number of H-pyrrole nitrogens is 3. The molecular weight excluding hydrogens is 1770 g/mol. The van der Waals surface area contributed by atoms with E-state index in [-0.39, 0.29) is 140 Å². The highest BCUT2D eigenvalue weighted by molar-refractivity contribution is 8.00. The number of hydrogen-bond donors (Lipinski definition) is 18. The molecule has 4 saturated heterocycles. The van der Waals surface area contributed by atoms with Gasteiger partial charge in [0.05, 0.1) is 36.8 Å². The van der Waals surface area contributed by atoms with Crippen molar-refractivity contribution in [3.8, 4) is 5.75 Å². The predicted molar refractivity (Wildman–Crippen MR) is 494 cm³/mol. The highest BCUT2D eigenvalue weighted by atomic mass is 32.2. The summed E-state index contributed by atoms with van der Waals surface area (Å²) in [5.41, 5.74) is 20.9. The highest BCUT2D eigenvalue weighted by Gasteiger charge is 2.47. The molecule has 43 heteroatoms. The van der Waals surface area contributed by atoms with Gasteiger partial charge in [0.2, 0.25) is 88.6 Å². The Balaban J connectivity index is 1.02. The SMILES string of the molecule is CCCC[C@@H]1C(=O)N(C)[C@H](CCCC)C(=O)N[C@@H](CCCN)C(=O)N[C@@H](C(=O)NCC(N)=O)CSCC(=O)N[C@@H](Cc2ccc(O)cc2)C(=O)N2CCCC2C(=O)N[C@H](CC(=O)O)C(=O)N2CCC[C@H]2C(=O)N[C@H](Cc2c[nH]cn2)C(=O)N[C@@H](CCC(=O)O)C(=O)N2CCCC2C(=O)N[C@H](Cc2c[nH]c3ccccc23)C(=O)C[C@@H](CCN)C(=O)N[C@@H](Cc2c[nH]c3ccccc23)C(=O)N1C. The number of aromatic amines is 3. The summed E-state index contributed by atoms with van der Waals surface area (Å²) in [6, 6.07) is 0.379. The molecule has 42 nitrogen and oxygen atoms in total. The number of carbonyl (C=O) groups is 18. The number of imidazole rings is 1. The van der Waals surface area contributed by atoms with Crippen LogP contribution in [0.1, 0.15) is 158 Å². The van der Waals surface area contributed by atoms with Crippen LogP contribution in [0, 0.1) is 5.92 Å². The Kier molecular flexibility index (Phi) is 38.5. The Bertz CT molecular complexity index is 5220. The van der Waals surface area contributed by atoms with Crippen LogP contribution in [0.4, 0.5) is 0 Å². The van der Waals surface area contributed by atoms with Crippen LogP contribution < -0.4 is 65.1 Å². The maximum absolute atomic E-state index is 15.8. The van der Waals surface area contributed by atoms with Crippen LogP contribution >= 0.6 is 11.8 Å². The normalized spacial score (nSPS) is 24.7. The van der Waals surface area contributed by atoms with E-state index in [1.807, 2.05) is 26.0 Å². The fourth-order valence-corrected chi connectivity index (χ4v) is 18.6. The standard InChI is InChI=1S/C92H125N21O21S/c1-5-7-22-70-84(126)102-62(21-13-34-93)82(124)108-69(81(123)99-48-76(95)116)49-135-50-77(117)101-66(39-52-27-29-57(114)30-28-52)90(132)112-37-16-26-73(112)87(129)107-68(44-79(120)121)91(133)113-38-15-25-72(113)86(128)105-65(43-56-47-96-51-100-56)83(125)103-63(31-32-78(118)119)89(131)111-36-14-24-71(111)85(127)104-64(40-54-45-97-60-19-11-9-17-58(54)60)75(115)42-53(33-35-94)80(122)106-67(41-55-46-98-61-20-12-10-18-59(55)61)88(130)110(4)74(23-8-6-2)92(134)109(70)3/h9-12,17-20,27-30,45-47,51,53,62-74,97-98,114H,5-8,13-16,21-26,31-44,48-50,93-94H2,1-4H3,(H2,95,116)(H,96,100)(H,99,123)(H,101,117)(H,102,126)(H,103,125)(H,104,127)(H,105,128)(H,106,122)(H,107,129)(H,108,124)(H,118,119)(H,120,121)/t53-,62+,63+,64-,65-,66+,67+,68-,69-,70-,71?,72+,73?,74-/m1/s1. The number of hydrogen-bond acceptors (Lipinski definition) is 23. The number of likely N-dealkylation sites (N-methyl/N-ethyl adjacent to an activating group) is 2. The van der Waals surface area contributed by atoms with Crippen LogP contribution in [0.2, 0.25) is 0 Å². The second kappa shape index (κ2) is 50.1. The van der Waals surface area contributed by atoms with Gasteiger partial charge in [0.25, 0.3) is 0 Å². The van der Waals surface area contributed by atoms with Crippen molar-refractivity contribution < 1.29 is 102 Å². The lowest BCUT2D eigenvalue weighted by Crippen LogP contribution is -2.60. The molecule has 4 fully saturated rings. The number of aliphatic carboxylic acids is 2. The monoisotopic (exact) mass is 1890 g/mol. The number of nitrogens with two attached hydrogens (primary N) is 3. The number of phenolic OH excluding ortho intramolecular Hbond substituents is 1. The molecule has 6 aromatic rings. The number of unbranched alkanes of at least 4 members (excludes halogenated alkanes) is 2. The number of carboxylic acid groups (broad SMARTS) is 2. The van der Waals surface area contributed by atoms with Crippen molar-refractivity contribution in [2.75, 3.05) is 64.9 Å². The van der Waals surface area contributed by atoms with E-state index in [2.05, 4.69) is 67.8 Å². The van der Waals surface area contributed by atoms with Crippen LogP contribution in [0.3, 0.4) is 0 Å². The van der Waals surface area contributed by atoms with Gasteiger partial charge in [-0.1, -0.05) is 88.1 Å². The second-order valence-electron chi connectivity index (χ2n) is 34.7. The number of primary amides is 1. The molecule has 21 N–H and O–H groups in total. The number of phenols is 1. The zero-order chi connectivity index (χ0) is 97.7. The quantitative estimate of drug-likeness (QED) is 0.0311. The van der Waals surface area contributed by atoms with Crippen molar-refractivity contribution in [1.82, 2.24) is 92.3 Å². The summed E-state index contributed by atoms with van der Waals surface area (Å²) in [5.74, 6) is -19.4. The lowest BCUT2D eigenvalue weighted by Gasteiger charge is -2.36. The number of nitrogens with one attached hydrogen (secondary N) is 12. The number of benzene rings is 3. The Morgan fingerprint density at radius 2 is 1.01 bits per heavy atom. The first-order valence-corrected chi connectivity index (χ1v) is 47.1. The first kappa shape index (κ1) is 104. The molecule has 15 amide bonds. The van der Waals surface area contributed by atoms with Gasteiger partial charge < -0.3 is 120 Å². The number of carbonyl (C=O) groups excluding carboxylic acids is 16. The average molecular weight is 1890 g/mol. The molecule has 4 aliphatic heterocycles. The minimum absolute atomic E-state index is 0.00331. The zero-order valence-corrected chi connectivity index (χ0v) is 77.1. The van der Waals surface area contributed by atoms with E-state index in [9.17, 15) is 58.5 Å². The molecule has 14 atom stereocenters. The summed E-state index contributed by atoms with van der Waals surface area (Å²) in [7, 11) is 2.78. The van der Waals surface area contributed by atoms with Gasteiger partial charge in [0.1, 0.15) is 78.3 Å². The van der Waals surface area contributed by atoms with E-state index in [1.54, 1.807) is 48.8 Å². The second-order valence-corrected chi connectivity index (χ2v) is 35.7. The van der Waals surface area contributed by atoms with Crippen molar-refractivity contribution in [1.29, 1.82) is 0 Å². The Morgan fingerprint density at radius 1 is 0.496 bits per heavy atom. The number of aromatic nitrogens is 4. The number of Topliss-reactive ketones (excluding diaryl/α,β-unsaturated/α-hetero) is 1. The summed E-state index contributed by atoms with van der Waals surface area (Å²) in [6.07, 6.45) is 4.22. The maximum Gasteiger partial charge on any atom is 0.305 e. The predicted octanol–water partition coefficient (Wildman–Crippen LogP) is -0.415. The van der Waals surface area contributed by atoms with Gasteiger partial charge in [-0.05, 0) is 131 Å². The lowest BCUT2D eigenvalue weighted by atomic mass is 9.91. The largest absolute Gasteiger partial charge is 0.508 e. The Hall–Kier alpha value is -13.3. The van der Waals surface area contributed by atoms with Crippen molar-refractivity contribution in [3.05, 3.63) is 120 Å². The summed E-state index contributed by atoms with van der Waals surface area (Å²) in [6.45, 7) is 2.48. The fraction of sp³-hybridized carbons (Fsp3) is 0.533. The van der Waals surface area contributed by atoms with Crippen LogP contribution in [0.25, 0.3) is 21.8 Å². The summed E-state index contributed by atoms with van der Waals surface area (Å²) in [5, 5.41) is 56.2. The molecule has 0 radical (unpaired) electrons. The molecule has 3 aromatic carbocycles. The molecule has 0 saturated carbocycles. The number of amides is 15. The van der Waals surface area contributed by atoms with Gasteiger partial charge in [-0.2, -0.15) is 0 Å². The molecule has 4 aliphatic rings. The van der Waals surface area contributed by atoms with Gasteiger partial charge in [-0.3, -0.25) is 86.3 Å². The van der Waals surface area contributed by atoms with E-state index in [4.69, 9.17) is 17.2 Å². The average Bonchev–Trinajstić information content (AvgIpc) is 1.74. The molecule has 0 aliphatic carbocycles. The molecule has 0 bridgehead atoms. The van der Waals surface area contributed by atoms with Gasteiger partial charge >= 0.3 is 11.9 Å². The van der Waals surface area contributed by atoms with Gasteiger partial charge in [-0.25, -0.2) is 4.98 Å². The van der Waals surface area contributed by atoms with Gasteiger partial charge in [0, 0.05) is 124 Å². The minimum atomic E-state index is -1.89. The fourth-order valence-electron chi connectivity index (χ4n) is 17.7. The number of ketones is 1. The van der Waals surface area contributed by atoms with Crippen molar-refractivity contribution in [3.63, 3.8) is 0 Å². The smallest absolute Gasteiger partial charge is 0.305 e. The lowest BCUT2D eigenvalue weighted by molar-refractivity contribution is -0.149. The van der Waals surface area contributed by atoms with E-state index in [0.29, 0.717) is 64.2 Å². The number of para-hydroxylation sites is 2. The van der Waals surface area contributed by atoms with Crippen LogP contribution in [-0.2, 0) is 112 Å². The van der Waals surface area contributed by atoms with E-state index < -0.39 is 235 Å². The van der Waals surface area contributed by atoms with Gasteiger partial charge in [-0.15, -0.1) is 11.8 Å².